The first-order valence-electron chi connectivity index (χ1n) is 6.14. The van der Waals surface area contributed by atoms with E-state index in [0.29, 0.717) is 12.0 Å². The molecule has 1 aromatic rings. The second-order valence-corrected chi connectivity index (χ2v) is 7.46. The minimum atomic E-state index is -3.05. The number of amides is 1. The fraction of sp³-hybridized carbons (Fsp3) is 0.462. The Labute approximate surface area is 113 Å². The van der Waals surface area contributed by atoms with E-state index in [4.69, 9.17) is 5.73 Å². The Bertz CT molecular complexity index is 571. The predicted molar refractivity (Wildman–Crippen MR) is 73.2 cm³/mol. The molecule has 1 aromatic carbocycles. The summed E-state index contributed by atoms with van der Waals surface area (Å²) in [5.41, 5.74) is 5.89. The molecule has 0 bridgehead atoms. The van der Waals surface area contributed by atoms with Crippen molar-refractivity contribution in [3.05, 3.63) is 35.9 Å². The first kappa shape index (κ1) is 14.0. The van der Waals surface area contributed by atoms with Gasteiger partial charge in [0.05, 0.1) is 17.0 Å². The Hall–Kier alpha value is -1.40. The van der Waals surface area contributed by atoms with Crippen molar-refractivity contribution in [1.82, 2.24) is 5.32 Å². The van der Waals surface area contributed by atoms with Crippen molar-refractivity contribution < 1.29 is 13.2 Å². The molecule has 2 rings (SSSR count). The van der Waals surface area contributed by atoms with Gasteiger partial charge in [-0.25, -0.2) is 8.42 Å². The average Bonchev–Trinajstić information content (AvgIpc) is 2.63. The summed E-state index contributed by atoms with van der Waals surface area (Å²) in [7, 11) is -3.05. The Morgan fingerprint density at radius 3 is 2.53 bits per heavy atom. The van der Waals surface area contributed by atoms with Crippen LogP contribution in [0.3, 0.4) is 0 Å². The molecule has 1 amide bonds. The third-order valence-electron chi connectivity index (χ3n) is 3.37. The van der Waals surface area contributed by atoms with E-state index in [1.807, 2.05) is 18.2 Å². The van der Waals surface area contributed by atoms with Crippen molar-refractivity contribution in [2.24, 2.45) is 5.73 Å². The van der Waals surface area contributed by atoms with Gasteiger partial charge in [-0.2, -0.15) is 0 Å². The molecule has 0 aliphatic carbocycles. The van der Waals surface area contributed by atoms with Gasteiger partial charge in [0.25, 0.3) is 0 Å². The quantitative estimate of drug-likeness (QED) is 0.838. The van der Waals surface area contributed by atoms with Crippen LogP contribution in [0, 0.1) is 0 Å². The topological polar surface area (TPSA) is 89.3 Å². The average molecular weight is 282 g/mol. The summed E-state index contributed by atoms with van der Waals surface area (Å²) in [5, 5.41) is 2.77. The highest BCUT2D eigenvalue weighted by Gasteiger charge is 2.40. The molecular formula is C13H18N2O3S. The Morgan fingerprint density at radius 1 is 1.37 bits per heavy atom. The summed E-state index contributed by atoms with van der Waals surface area (Å²) in [6.07, 6.45) is 0.433. The normalized spacial score (nSPS) is 26.8. The van der Waals surface area contributed by atoms with Crippen molar-refractivity contribution in [3.8, 4) is 0 Å². The number of carbonyl (C=O) groups is 1. The molecule has 19 heavy (non-hydrogen) atoms. The van der Waals surface area contributed by atoms with Crippen molar-refractivity contribution in [1.29, 1.82) is 0 Å². The first-order chi connectivity index (χ1) is 8.81. The van der Waals surface area contributed by atoms with Crippen LogP contribution in [0.4, 0.5) is 0 Å². The number of hydrogen-bond donors (Lipinski definition) is 2. The molecule has 1 heterocycles. The molecule has 104 valence electrons. The molecule has 0 spiro atoms. The van der Waals surface area contributed by atoms with Gasteiger partial charge < -0.3 is 11.1 Å². The highest BCUT2D eigenvalue weighted by Crippen LogP contribution is 2.23. The number of nitrogens with two attached hydrogens (primary N) is 1. The van der Waals surface area contributed by atoms with Crippen LogP contribution in [0.5, 0.6) is 0 Å². The Balaban J connectivity index is 2.06. The number of sulfone groups is 1. The van der Waals surface area contributed by atoms with Crippen molar-refractivity contribution in [2.75, 3.05) is 11.5 Å². The van der Waals surface area contributed by atoms with E-state index in [0.717, 1.165) is 0 Å². The predicted octanol–water partition coefficient (Wildman–Crippen LogP) is 0.380. The summed E-state index contributed by atoms with van der Waals surface area (Å²) in [6, 6.07) is 8.24. The van der Waals surface area contributed by atoms with Gasteiger partial charge in [0.15, 0.2) is 9.84 Å². The maximum absolute atomic E-state index is 12.1. The van der Waals surface area contributed by atoms with Crippen LogP contribution >= 0.6 is 0 Å². The lowest BCUT2D eigenvalue weighted by Crippen LogP contribution is -2.50. The number of carbonyl (C=O) groups excluding carboxylic acids is 1. The summed E-state index contributed by atoms with van der Waals surface area (Å²) in [5.74, 6) is -0.247. The van der Waals surface area contributed by atoms with Crippen LogP contribution < -0.4 is 11.1 Å². The highest BCUT2D eigenvalue weighted by atomic mass is 32.2. The molecular weight excluding hydrogens is 264 g/mol. The summed E-state index contributed by atoms with van der Waals surface area (Å²) >= 11 is 0. The zero-order valence-electron chi connectivity index (χ0n) is 10.8. The first-order valence-corrected chi connectivity index (χ1v) is 7.96. The Morgan fingerprint density at radius 2 is 2.00 bits per heavy atom. The summed E-state index contributed by atoms with van der Waals surface area (Å²) < 4.78 is 23.0. The maximum atomic E-state index is 12.1. The van der Waals surface area contributed by atoms with Gasteiger partial charge in [-0.3, -0.25) is 4.79 Å². The lowest BCUT2D eigenvalue weighted by Gasteiger charge is -2.26. The standard InChI is InChI=1S/C13H18N2O3S/c1-13(7-8-19(17,18)9-13)15-12(16)11(14)10-5-3-2-4-6-10/h2-6,11H,7-9,14H2,1H3,(H,15,16)/t11-,13?/m0/s1. The molecule has 6 heteroatoms. The molecule has 1 fully saturated rings. The van der Waals surface area contributed by atoms with Crippen molar-refractivity contribution >= 4 is 15.7 Å². The van der Waals surface area contributed by atoms with Gasteiger partial charge in [0, 0.05) is 0 Å². The number of rotatable bonds is 3. The second kappa shape index (κ2) is 4.94. The number of benzene rings is 1. The third-order valence-corrected chi connectivity index (χ3v) is 5.27. The third kappa shape index (κ3) is 3.33. The molecule has 0 saturated carbocycles. The van der Waals surface area contributed by atoms with Gasteiger partial charge in [-0.05, 0) is 18.9 Å². The smallest absolute Gasteiger partial charge is 0.241 e. The van der Waals surface area contributed by atoms with E-state index >= 15 is 0 Å². The largest absolute Gasteiger partial charge is 0.348 e. The zero-order chi connectivity index (χ0) is 14.1. The maximum Gasteiger partial charge on any atom is 0.241 e. The van der Waals surface area contributed by atoms with Crippen LogP contribution in [-0.4, -0.2) is 31.4 Å². The molecule has 0 radical (unpaired) electrons. The minimum Gasteiger partial charge on any atom is -0.348 e. The van der Waals surface area contributed by atoms with E-state index in [2.05, 4.69) is 5.32 Å². The molecule has 2 atom stereocenters. The van der Waals surface area contributed by atoms with Gasteiger partial charge in [0.1, 0.15) is 6.04 Å². The van der Waals surface area contributed by atoms with Crippen LogP contribution in [0.1, 0.15) is 24.9 Å². The summed E-state index contributed by atoms with van der Waals surface area (Å²) in [6.45, 7) is 1.74. The SMILES string of the molecule is CC1(NC(=O)[C@@H](N)c2ccccc2)CCS(=O)(=O)C1. The van der Waals surface area contributed by atoms with Crippen LogP contribution in [0.25, 0.3) is 0 Å². The van der Waals surface area contributed by atoms with E-state index in [1.54, 1.807) is 19.1 Å². The van der Waals surface area contributed by atoms with Gasteiger partial charge in [0.2, 0.25) is 5.91 Å². The van der Waals surface area contributed by atoms with Crippen LogP contribution in [0.2, 0.25) is 0 Å². The molecule has 5 nitrogen and oxygen atoms in total. The fourth-order valence-electron chi connectivity index (χ4n) is 2.30. The van der Waals surface area contributed by atoms with E-state index in [-0.39, 0.29) is 17.4 Å². The highest BCUT2D eigenvalue weighted by molar-refractivity contribution is 7.91. The minimum absolute atomic E-state index is 0.0206. The molecule has 0 aromatic heterocycles. The van der Waals surface area contributed by atoms with Crippen LogP contribution in [-0.2, 0) is 14.6 Å². The molecule has 1 aliphatic heterocycles. The number of hydrogen-bond acceptors (Lipinski definition) is 4. The lowest BCUT2D eigenvalue weighted by molar-refractivity contribution is -0.124. The zero-order valence-corrected chi connectivity index (χ0v) is 11.6. The van der Waals surface area contributed by atoms with E-state index in [9.17, 15) is 13.2 Å². The van der Waals surface area contributed by atoms with Crippen molar-refractivity contribution in [2.45, 2.75) is 24.9 Å². The lowest BCUT2D eigenvalue weighted by atomic mass is 10.00. The second-order valence-electron chi connectivity index (χ2n) is 5.28. The van der Waals surface area contributed by atoms with Crippen molar-refractivity contribution in [3.63, 3.8) is 0 Å². The Kier molecular flexibility index (Phi) is 3.64. The van der Waals surface area contributed by atoms with E-state index in [1.165, 1.54) is 0 Å². The van der Waals surface area contributed by atoms with Gasteiger partial charge in [-0.1, -0.05) is 30.3 Å². The fourth-order valence-corrected chi connectivity index (χ4v) is 4.39. The number of nitrogens with one attached hydrogen (secondary N) is 1. The molecule has 1 aliphatic rings. The van der Waals surface area contributed by atoms with Gasteiger partial charge in [-0.15, -0.1) is 0 Å². The van der Waals surface area contributed by atoms with Gasteiger partial charge >= 0.3 is 0 Å². The summed E-state index contributed by atoms with van der Waals surface area (Å²) in [4.78, 5) is 12.1. The molecule has 1 unspecified atom stereocenters. The van der Waals surface area contributed by atoms with E-state index < -0.39 is 21.4 Å². The monoisotopic (exact) mass is 282 g/mol. The molecule has 1 saturated heterocycles. The molecule has 3 N–H and O–H groups in total. The van der Waals surface area contributed by atoms with Crippen LogP contribution in [0.15, 0.2) is 30.3 Å².